The molecule has 0 aromatic heterocycles. The molecule has 0 aliphatic carbocycles. The van der Waals surface area contributed by atoms with Gasteiger partial charge >= 0.3 is 29.8 Å². The molecular formula is C75H121N21O28S. The van der Waals surface area contributed by atoms with E-state index < -0.39 is 298 Å². The lowest BCUT2D eigenvalue weighted by Gasteiger charge is -2.29. The smallest absolute Gasteiger partial charge is 0.325 e. The Kier molecular flexibility index (Phi) is 51.0. The molecule has 125 heavy (non-hydrogen) atoms. The lowest BCUT2D eigenvalue weighted by atomic mass is 9.96. The van der Waals surface area contributed by atoms with E-state index in [9.17, 15) is 136 Å². The van der Waals surface area contributed by atoms with Crippen LogP contribution in [0.4, 0.5) is 0 Å². The number of carbonyl (C=O) groups is 21. The van der Waals surface area contributed by atoms with Gasteiger partial charge in [-0.3, -0.25) is 106 Å². The summed E-state index contributed by atoms with van der Waals surface area (Å²) < 4.78 is 0. The van der Waals surface area contributed by atoms with E-state index in [0.717, 1.165) is 26.0 Å². The van der Waals surface area contributed by atoms with E-state index in [1.54, 1.807) is 13.2 Å². The number of rotatable bonds is 63. The molecule has 0 heterocycles. The highest BCUT2D eigenvalue weighted by molar-refractivity contribution is 7.98. The molecule has 0 fully saturated rings. The summed E-state index contributed by atoms with van der Waals surface area (Å²) in [6, 6.07) is -21.5. The van der Waals surface area contributed by atoms with E-state index >= 15 is 0 Å². The van der Waals surface area contributed by atoms with Gasteiger partial charge in [0.2, 0.25) is 94.5 Å². The van der Waals surface area contributed by atoms with Gasteiger partial charge in [-0.15, -0.1) is 0 Å². The molecule has 0 saturated heterocycles. The molecule has 0 unspecified atom stereocenters. The second kappa shape index (κ2) is 57.7. The lowest BCUT2D eigenvalue weighted by molar-refractivity contribution is -0.142. The van der Waals surface area contributed by atoms with Crippen molar-refractivity contribution in [1.29, 1.82) is 5.41 Å². The maximum Gasteiger partial charge on any atom is 0.325 e. The summed E-state index contributed by atoms with van der Waals surface area (Å²) in [7, 11) is 0. The number of benzene rings is 1. The number of hydrogen-bond acceptors (Lipinski definition) is 27. The summed E-state index contributed by atoms with van der Waals surface area (Å²) in [5, 5.41) is 111. The van der Waals surface area contributed by atoms with E-state index in [1.165, 1.54) is 30.8 Å². The molecular weight excluding hydrogens is 1680 g/mol. The molecule has 16 atom stereocenters. The predicted octanol–water partition coefficient (Wildman–Crippen LogP) is -8.39. The number of aliphatic hydroxyl groups is 1. The first kappa shape index (κ1) is 110. The third-order valence-electron chi connectivity index (χ3n) is 18.8. The summed E-state index contributed by atoms with van der Waals surface area (Å²) in [6.07, 6.45) is -6.40. The molecule has 50 heteroatoms. The van der Waals surface area contributed by atoms with Crippen LogP contribution in [-0.4, -0.2) is 288 Å². The zero-order chi connectivity index (χ0) is 95.1. The van der Waals surface area contributed by atoms with Gasteiger partial charge in [0, 0.05) is 38.6 Å². The minimum atomic E-state index is -2.35. The summed E-state index contributed by atoms with van der Waals surface area (Å²) in [4.78, 5) is 281. The third-order valence-corrected chi connectivity index (χ3v) is 19.5. The molecule has 49 nitrogen and oxygen atoms in total. The van der Waals surface area contributed by atoms with Crippen LogP contribution in [0.5, 0.6) is 5.75 Å². The van der Waals surface area contributed by atoms with Crippen molar-refractivity contribution in [2.45, 2.75) is 254 Å². The van der Waals surface area contributed by atoms with Gasteiger partial charge in [-0.05, 0) is 133 Å². The highest BCUT2D eigenvalue weighted by atomic mass is 32.2. The average molecular weight is 1800 g/mol. The average Bonchev–Trinajstić information content (AvgIpc) is 0.851. The van der Waals surface area contributed by atoms with Crippen LogP contribution in [0.25, 0.3) is 0 Å². The van der Waals surface area contributed by atoms with Crippen LogP contribution in [0.15, 0.2) is 24.3 Å². The van der Waals surface area contributed by atoms with E-state index in [1.807, 2.05) is 35.1 Å². The number of nitrogens with two attached hydrogens (primary N) is 5. The summed E-state index contributed by atoms with van der Waals surface area (Å²) in [6.45, 7) is 7.62. The number of carboxylic acid groups (broad SMARTS) is 5. The minimum Gasteiger partial charge on any atom is -0.508 e. The second-order valence-corrected chi connectivity index (χ2v) is 30.7. The van der Waals surface area contributed by atoms with Gasteiger partial charge in [0.05, 0.1) is 25.5 Å². The predicted molar refractivity (Wildman–Crippen MR) is 442 cm³/mol. The zero-order valence-electron chi connectivity index (χ0n) is 70.4. The Morgan fingerprint density at radius 2 is 0.760 bits per heavy atom. The number of carboxylic acids is 5. The molecule has 0 aliphatic heterocycles. The van der Waals surface area contributed by atoms with Gasteiger partial charge in [-0.1, -0.05) is 46.2 Å². The van der Waals surface area contributed by atoms with Gasteiger partial charge < -0.3 is 144 Å². The number of nitrogens with one attached hydrogen (secondary N) is 16. The molecule has 16 amide bonds. The maximum absolute atomic E-state index is 14.5. The number of unbranched alkanes of at least 4 members (excludes halogenated alkanes) is 1. The molecule has 0 bridgehead atoms. The number of primary amides is 2. The maximum atomic E-state index is 14.5. The number of phenols is 1. The summed E-state index contributed by atoms with van der Waals surface area (Å²) in [5.41, 5.74) is 28.2. The van der Waals surface area contributed by atoms with Crippen LogP contribution < -0.4 is 108 Å². The Morgan fingerprint density at radius 1 is 0.408 bits per heavy atom. The Hall–Kier alpha value is -12.6. The van der Waals surface area contributed by atoms with Gasteiger partial charge in [0.1, 0.15) is 90.3 Å². The van der Waals surface area contributed by atoms with Crippen LogP contribution in [0.1, 0.15) is 163 Å². The van der Waals surface area contributed by atoms with Gasteiger partial charge in [-0.25, -0.2) is 0 Å². The number of amides is 16. The number of aliphatic hydroxyl groups excluding tert-OH is 1. The van der Waals surface area contributed by atoms with Gasteiger partial charge in [-0.2, -0.15) is 11.8 Å². The number of carbonyl (C=O) groups excluding carboxylic acids is 16. The third kappa shape index (κ3) is 44.3. The number of hydrogen-bond donors (Lipinski definition) is 28. The van der Waals surface area contributed by atoms with Gasteiger partial charge in [0.15, 0.2) is 5.96 Å². The molecule has 0 radical (unpaired) electrons. The SMILES string of the molecule is CC[C@H](C)[C@H](NC(=O)[C@H](CCCCN)NC(=O)[C@H](CCC(N)=O)NC(=O)[C@H](CCSC)NC(=O)[C@@H](N)CC(C)C)C(=O)N[C@@H](CCC(N)=O)C(=O)N[C@@H](C)C(=O)N[C@@H](CC(=O)O)C(=O)N[C@@H](CCC(=O)O)C(=O)N[C@@H](CC(=O)O)C(=O)N[C@@H](CO)C(=O)N[C@@H](Cc1ccc(O)cc1)C(=O)N[C@@H](CCC(=O)O)C(=O)N[C@@H](CCCNC(=N)N)C(=O)N[C@@H](C)C(=O)O. The first-order valence-electron chi connectivity index (χ1n) is 39.9. The van der Waals surface area contributed by atoms with Crippen LogP contribution in [0.3, 0.4) is 0 Å². The molecule has 1 aromatic rings. The highest BCUT2D eigenvalue weighted by Crippen LogP contribution is 2.17. The van der Waals surface area contributed by atoms with Gasteiger partial charge in [0.25, 0.3) is 0 Å². The standard InChI is InChI=1S/C75H121N21O28S/c1-8-36(4)59(96-68(117)42(12-9-10-27-76)86-64(113)45(19-23-54(79)100)88-67(116)48(26-29-125-7)85-61(110)41(77)30-35(2)3)73(122)91-44(18-22-53(78)99)63(112)83-37(5)60(109)92-50(32-57(105)106)70(119)90-47(21-25-56(103)104)66(115)94-51(33-58(107)108)71(120)95-52(34-97)72(121)93-49(31-39-14-16-40(98)17-15-39)69(118)89-46(20-24-55(101)102)65(114)87-43(13-11-28-82-75(80)81)62(111)84-38(6)74(123)124/h14-17,35-38,41-52,59,97-98H,8-13,18-34,76-77H2,1-7H3,(H2,78,99)(H2,79,100)(H,83,112)(H,84,111)(H,85,110)(H,86,113)(H,87,114)(H,88,116)(H,89,118)(H,90,119)(H,91,122)(H,92,109)(H,93,121)(H,94,115)(H,95,120)(H,96,117)(H,101,102)(H,103,104)(H,105,106)(H,107,108)(H,123,124)(H4,80,81,82)/t36-,37-,38-,41-,42-,43-,44-,45-,46-,47-,48-,49-,50-,51-,52-,59-/m0/s1. The van der Waals surface area contributed by atoms with E-state index in [4.69, 9.17) is 34.1 Å². The van der Waals surface area contributed by atoms with Crippen LogP contribution in [0, 0.1) is 17.2 Å². The van der Waals surface area contributed by atoms with Crippen molar-refractivity contribution in [3.05, 3.63) is 29.8 Å². The molecule has 0 spiro atoms. The minimum absolute atomic E-state index is 0.00314. The molecule has 0 aliphatic rings. The number of phenolic OH excluding ortho intramolecular Hbond substituents is 1. The summed E-state index contributed by atoms with van der Waals surface area (Å²) in [5.74, 6) is -28.2. The van der Waals surface area contributed by atoms with Crippen molar-refractivity contribution in [3.8, 4) is 5.75 Å². The van der Waals surface area contributed by atoms with E-state index in [2.05, 4.69) is 58.5 Å². The van der Waals surface area contributed by atoms with Crippen molar-refractivity contribution in [2.24, 2.45) is 40.5 Å². The largest absolute Gasteiger partial charge is 0.508 e. The Labute approximate surface area is 722 Å². The fourth-order valence-electron chi connectivity index (χ4n) is 11.6. The van der Waals surface area contributed by atoms with E-state index in [-0.39, 0.29) is 81.7 Å². The highest BCUT2D eigenvalue weighted by Gasteiger charge is 2.40. The fourth-order valence-corrected chi connectivity index (χ4v) is 12.1. The van der Waals surface area contributed by atoms with Crippen LogP contribution in [-0.2, 0) is 107 Å². The molecule has 1 rings (SSSR count). The van der Waals surface area contributed by atoms with Crippen LogP contribution >= 0.6 is 11.8 Å². The molecule has 700 valence electrons. The van der Waals surface area contributed by atoms with Crippen LogP contribution in [0.2, 0.25) is 0 Å². The lowest BCUT2D eigenvalue weighted by Crippen LogP contribution is -2.61. The van der Waals surface area contributed by atoms with Crippen molar-refractivity contribution < 1.29 is 136 Å². The first-order valence-corrected chi connectivity index (χ1v) is 41.3. The number of aromatic hydroxyl groups is 1. The number of aliphatic carboxylic acids is 5. The monoisotopic (exact) mass is 1800 g/mol. The first-order chi connectivity index (χ1) is 58.6. The van der Waals surface area contributed by atoms with Crippen molar-refractivity contribution >= 4 is 142 Å². The quantitative estimate of drug-likeness (QED) is 0.0164. The molecule has 0 saturated carbocycles. The Balaban J connectivity index is 3.70. The Bertz CT molecular complexity index is 3920. The van der Waals surface area contributed by atoms with Crippen molar-refractivity contribution in [2.75, 3.05) is 31.7 Å². The second-order valence-electron chi connectivity index (χ2n) is 29.8. The van der Waals surface area contributed by atoms with Crippen molar-refractivity contribution in [1.82, 2.24) is 79.8 Å². The number of thioether (sulfide) groups is 1. The number of guanidine groups is 1. The molecule has 33 N–H and O–H groups in total. The zero-order valence-corrected chi connectivity index (χ0v) is 71.2. The van der Waals surface area contributed by atoms with Crippen molar-refractivity contribution in [3.63, 3.8) is 0 Å². The molecule has 1 aromatic carbocycles. The van der Waals surface area contributed by atoms with E-state index in [0.29, 0.717) is 12.2 Å². The fraction of sp³-hybridized carbons (Fsp3) is 0.627. The topological polar surface area (TPSA) is 834 Å². The summed E-state index contributed by atoms with van der Waals surface area (Å²) >= 11 is 1.35. The Morgan fingerprint density at radius 3 is 1.16 bits per heavy atom. The normalized spacial score (nSPS) is 14.8.